The number of hydrogen-bond donors (Lipinski definition) is 3. The van der Waals surface area contributed by atoms with Gasteiger partial charge in [0.2, 0.25) is 0 Å². The minimum absolute atomic E-state index is 0.0628. The van der Waals surface area contributed by atoms with Crippen LogP contribution in [0.4, 0.5) is 0 Å². The predicted octanol–water partition coefficient (Wildman–Crippen LogP) is 3.22. The van der Waals surface area contributed by atoms with Gasteiger partial charge in [0, 0.05) is 25.7 Å². The van der Waals surface area contributed by atoms with E-state index >= 15 is 0 Å². The number of hydrogen-bond acceptors (Lipinski definition) is 5. The molecule has 0 atom stereocenters. The highest BCUT2D eigenvalue weighted by atomic mass is 16.5. The highest BCUT2D eigenvalue weighted by Crippen LogP contribution is 2.20. The topological polar surface area (TPSA) is 138 Å². The Morgan fingerprint density at radius 2 is 1.04 bits per heavy atom. The van der Waals surface area contributed by atoms with E-state index in [2.05, 4.69) is 0 Å². The van der Waals surface area contributed by atoms with E-state index in [1.165, 1.54) is 6.42 Å². The highest BCUT2D eigenvalue weighted by Gasteiger charge is 2.17. The summed E-state index contributed by atoms with van der Waals surface area (Å²) in [5.74, 6) is -2.71. The number of carbonyl (C=O) groups is 4. The van der Waals surface area contributed by atoms with Crippen LogP contribution in [0.3, 0.4) is 0 Å². The van der Waals surface area contributed by atoms with Crippen LogP contribution < -0.4 is 0 Å². The normalized spacial score (nSPS) is 14.0. The number of carboxylic acids is 3. The van der Waals surface area contributed by atoms with Crippen molar-refractivity contribution in [2.24, 2.45) is 0 Å². The van der Waals surface area contributed by atoms with Crippen molar-refractivity contribution in [1.82, 2.24) is 0 Å². The summed E-state index contributed by atoms with van der Waals surface area (Å²) in [4.78, 5) is 41.4. The van der Waals surface area contributed by atoms with Crippen LogP contribution in [0.25, 0.3) is 0 Å². The van der Waals surface area contributed by atoms with Crippen molar-refractivity contribution in [2.75, 3.05) is 0 Å². The molecule has 150 valence electrons. The molecule has 0 bridgehead atoms. The van der Waals surface area contributed by atoms with E-state index in [0.717, 1.165) is 25.7 Å². The number of aliphatic carboxylic acids is 3. The first-order chi connectivity index (χ1) is 12.3. The van der Waals surface area contributed by atoms with Crippen LogP contribution in [0, 0.1) is 0 Å². The second-order valence-electron chi connectivity index (χ2n) is 6.35. The quantitative estimate of drug-likeness (QED) is 0.370. The summed E-state index contributed by atoms with van der Waals surface area (Å²) in [6.45, 7) is 0. The van der Waals surface area contributed by atoms with Gasteiger partial charge in [0.25, 0.3) is 0 Å². The van der Waals surface area contributed by atoms with E-state index in [0.29, 0.717) is 32.1 Å². The lowest BCUT2D eigenvalue weighted by Gasteiger charge is -2.21. The molecule has 0 aromatic carbocycles. The summed E-state index contributed by atoms with van der Waals surface area (Å²) < 4.78 is 5.31. The lowest BCUT2D eigenvalue weighted by Crippen LogP contribution is -2.20. The third-order valence-electron chi connectivity index (χ3n) is 3.90. The molecule has 0 heterocycles. The standard InChI is InChI=1S/C12H20O4.C6H10O4/c13-11(14)8-4-5-9-12(15)16-10-6-2-1-3-7-10;7-5(8)3-1-2-4-6(9)10/h10H,1-9H2,(H,13,14);1-4H2,(H,7,8)(H,9,10). The van der Waals surface area contributed by atoms with Crippen molar-refractivity contribution in [3.05, 3.63) is 0 Å². The van der Waals surface area contributed by atoms with Crippen LogP contribution in [-0.2, 0) is 23.9 Å². The zero-order valence-electron chi connectivity index (χ0n) is 15.2. The average Bonchev–Trinajstić information content (AvgIpc) is 2.57. The largest absolute Gasteiger partial charge is 0.481 e. The van der Waals surface area contributed by atoms with Gasteiger partial charge in [0.05, 0.1) is 0 Å². The molecule has 3 N–H and O–H groups in total. The van der Waals surface area contributed by atoms with Gasteiger partial charge in [0.15, 0.2) is 0 Å². The molecule has 0 radical (unpaired) electrons. The van der Waals surface area contributed by atoms with Gasteiger partial charge in [-0.1, -0.05) is 6.42 Å². The maximum atomic E-state index is 11.4. The fraction of sp³-hybridized carbons (Fsp3) is 0.778. The van der Waals surface area contributed by atoms with E-state index in [4.69, 9.17) is 20.1 Å². The number of rotatable bonds is 11. The summed E-state index contributed by atoms with van der Waals surface area (Å²) in [6, 6.07) is 0. The molecular formula is C18H30O8. The van der Waals surface area contributed by atoms with E-state index in [1.807, 2.05) is 0 Å². The van der Waals surface area contributed by atoms with Gasteiger partial charge in [-0.2, -0.15) is 0 Å². The van der Waals surface area contributed by atoms with Crippen molar-refractivity contribution in [3.8, 4) is 0 Å². The predicted molar refractivity (Wildman–Crippen MR) is 92.8 cm³/mol. The van der Waals surface area contributed by atoms with Gasteiger partial charge in [-0.05, 0) is 51.4 Å². The number of ether oxygens (including phenoxy) is 1. The van der Waals surface area contributed by atoms with Crippen molar-refractivity contribution >= 4 is 23.9 Å². The summed E-state index contributed by atoms with van der Waals surface area (Å²) in [5.41, 5.74) is 0. The van der Waals surface area contributed by atoms with Crippen LogP contribution in [0.15, 0.2) is 0 Å². The van der Waals surface area contributed by atoms with Crippen molar-refractivity contribution in [3.63, 3.8) is 0 Å². The molecule has 0 saturated heterocycles. The maximum Gasteiger partial charge on any atom is 0.306 e. The molecular weight excluding hydrogens is 344 g/mol. The van der Waals surface area contributed by atoms with Gasteiger partial charge in [-0.25, -0.2) is 0 Å². The van der Waals surface area contributed by atoms with Crippen LogP contribution in [-0.4, -0.2) is 45.3 Å². The van der Waals surface area contributed by atoms with Crippen LogP contribution in [0.2, 0.25) is 0 Å². The Morgan fingerprint density at radius 1 is 0.654 bits per heavy atom. The minimum atomic E-state index is -0.870. The Bertz CT molecular complexity index is 424. The highest BCUT2D eigenvalue weighted by molar-refractivity contribution is 5.70. The molecule has 8 heteroatoms. The molecule has 0 aliphatic heterocycles. The molecule has 1 aliphatic rings. The number of unbranched alkanes of at least 4 members (excludes halogenated alkanes) is 2. The first-order valence-electron chi connectivity index (χ1n) is 9.16. The number of esters is 1. The van der Waals surface area contributed by atoms with E-state index in [-0.39, 0.29) is 31.3 Å². The smallest absolute Gasteiger partial charge is 0.306 e. The first-order valence-corrected chi connectivity index (χ1v) is 9.16. The molecule has 0 aromatic heterocycles. The van der Waals surface area contributed by atoms with Gasteiger partial charge >= 0.3 is 23.9 Å². The van der Waals surface area contributed by atoms with E-state index in [9.17, 15) is 19.2 Å². The molecule has 1 aliphatic carbocycles. The second-order valence-corrected chi connectivity index (χ2v) is 6.35. The molecule has 0 spiro atoms. The monoisotopic (exact) mass is 374 g/mol. The first kappa shape index (κ1) is 23.9. The summed E-state index contributed by atoms with van der Waals surface area (Å²) in [6.07, 6.45) is 8.29. The molecule has 1 saturated carbocycles. The molecule has 0 unspecified atom stereocenters. The van der Waals surface area contributed by atoms with E-state index < -0.39 is 17.9 Å². The van der Waals surface area contributed by atoms with E-state index in [1.54, 1.807) is 0 Å². The fourth-order valence-electron chi connectivity index (χ4n) is 2.53. The third-order valence-corrected chi connectivity index (χ3v) is 3.90. The Kier molecular flexibility index (Phi) is 13.9. The average molecular weight is 374 g/mol. The lowest BCUT2D eigenvalue weighted by molar-refractivity contribution is -0.151. The molecule has 0 aromatic rings. The SMILES string of the molecule is O=C(O)CCCCC(=O)O.O=C(O)CCCCC(=O)OC1CCCCC1. The lowest BCUT2D eigenvalue weighted by atomic mass is 9.98. The third kappa shape index (κ3) is 16.7. The molecule has 8 nitrogen and oxygen atoms in total. The Morgan fingerprint density at radius 3 is 1.42 bits per heavy atom. The van der Waals surface area contributed by atoms with Crippen LogP contribution in [0.5, 0.6) is 0 Å². The Labute approximate surface area is 153 Å². The number of carbonyl (C=O) groups excluding carboxylic acids is 1. The molecule has 26 heavy (non-hydrogen) atoms. The van der Waals surface area contributed by atoms with Crippen LogP contribution >= 0.6 is 0 Å². The van der Waals surface area contributed by atoms with Gasteiger partial charge in [0.1, 0.15) is 6.10 Å². The maximum absolute atomic E-state index is 11.4. The summed E-state index contributed by atoms with van der Waals surface area (Å²) in [5, 5.41) is 24.7. The van der Waals surface area contributed by atoms with Gasteiger partial charge < -0.3 is 20.1 Å². The molecule has 1 rings (SSSR count). The second kappa shape index (κ2) is 15.2. The van der Waals surface area contributed by atoms with Gasteiger partial charge in [-0.15, -0.1) is 0 Å². The molecule has 1 fully saturated rings. The zero-order chi connectivity index (χ0) is 19.8. The number of carboxylic acid groups (broad SMARTS) is 3. The Balaban J connectivity index is 0.000000541. The van der Waals surface area contributed by atoms with Crippen molar-refractivity contribution < 1.29 is 39.2 Å². The minimum Gasteiger partial charge on any atom is -0.481 e. The van der Waals surface area contributed by atoms with Gasteiger partial charge in [-0.3, -0.25) is 19.2 Å². The molecule has 0 amide bonds. The Hall–Kier alpha value is -2.12. The summed E-state index contributed by atoms with van der Waals surface area (Å²) in [7, 11) is 0. The zero-order valence-corrected chi connectivity index (χ0v) is 15.2. The van der Waals surface area contributed by atoms with Crippen LogP contribution in [0.1, 0.15) is 83.5 Å². The van der Waals surface area contributed by atoms with Crippen molar-refractivity contribution in [2.45, 2.75) is 89.6 Å². The fourth-order valence-corrected chi connectivity index (χ4v) is 2.53. The summed E-state index contributed by atoms with van der Waals surface area (Å²) >= 11 is 0. The van der Waals surface area contributed by atoms with Crippen molar-refractivity contribution in [1.29, 1.82) is 0 Å².